The number of carbonyl (C=O) groups excluding carboxylic acids is 1. The van der Waals surface area contributed by atoms with Crippen molar-refractivity contribution in [2.24, 2.45) is 11.8 Å². The van der Waals surface area contributed by atoms with Crippen molar-refractivity contribution in [2.45, 2.75) is 37.8 Å². The topological polar surface area (TPSA) is 51.2 Å². The van der Waals surface area contributed by atoms with Crippen LogP contribution in [0.15, 0.2) is 54.9 Å². The Balaban J connectivity index is 1.35. The number of amides is 1. The van der Waals surface area contributed by atoms with Gasteiger partial charge in [0, 0.05) is 43.3 Å². The third-order valence-electron chi connectivity index (χ3n) is 5.56. The van der Waals surface area contributed by atoms with Crippen LogP contribution in [0.3, 0.4) is 0 Å². The zero-order chi connectivity index (χ0) is 17.1. The Labute approximate surface area is 148 Å². The van der Waals surface area contributed by atoms with Crippen molar-refractivity contribution in [3.63, 3.8) is 0 Å². The van der Waals surface area contributed by atoms with Crippen molar-refractivity contribution >= 4 is 5.91 Å². The van der Waals surface area contributed by atoms with Crippen LogP contribution in [0.1, 0.15) is 24.0 Å². The number of benzene rings is 1. The predicted molar refractivity (Wildman–Crippen MR) is 96.0 cm³/mol. The van der Waals surface area contributed by atoms with Crippen LogP contribution in [0, 0.1) is 11.8 Å². The lowest BCUT2D eigenvalue weighted by Crippen LogP contribution is -2.62. The SMILES string of the molecule is O=C(CCc1ccncc1)N[C@@H]1[C@H]2CCO[C@H]2[C@H]1Cc1ccccc1. The van der Waals surface area contributed by atoms with Crippen LogP contribution in [-0.4, -0.2) is 29.6 Å². The molecule has 2 aliphatic rings. The first kappa shape index (κ1) is 16.3. The highest BCUT2D eigenvalue weighted by Gasteiger charge is 2.53. The largest absolute Gasteiger partial charge is 0.377 e. The number of pyridine rings is 1. The minimum absolute atomic E-state index is 0.144. The fourth-order valence-corrected chi connectivity index (χ4v) is 4.24. The highest BCUT2D eigenvalue weighted by molar-refractivity contribution is 5.76. The Morgan fingerprint density at radius 2 is 1.92 bits per heavy atom. The van der Waals surface area contributed by atoms with Crippen molar-refractivity contribution < 1.29 is 9.53 Å². The molecule has 1 saturated heterocycles. The summed E-state index contributed by atoms with van der Waals surface area (Å²) in [5.74, 6) is 1.02. The van der Waals surface area contributed by atoms with Crippen LogP contribution < -0.4 is 5.32 Å². The van der Waals surface area contributed by atoms with Gasteiger partial charge in [-0.2, -0.15) is 0 Å². The van der Waals surface area contributed by atoms with Gasteiger partial charge in [0.05, 0.1) is 6.10 Å². The number of ether oxygens (including phenoxy) is 1. The Bertz CT molecular complexity index is 704. The average molecular weight is 336 g/mol. The number of rotatable bonds is 6. The molecule has 1 aromatic carbocycles. The summed E-state index contributed by atoms with van der Waals surface area (Å²) in [7, 11) is 0. The molecule has 1 aliphatic carbocycles. The summed E-state index contributed by atoms with van der Waals surface area (Å²) in [6.07, 6.45) is 7.17. The molecule has 25 heavy (non-hydrogen) atoms. The number of carbonyl (C=O) groups is 1. The molecule has 1 saturated carbocycles. The van der Waals surface area contributed by atoms with Crippen LogP contribution in [0.2, 0.25) is 0 Å². The van der Waals surface area contributed by atoms with E-state index in [4.69, 9.17) is 4.74 Å². The zero-order valence-corrected chi connectivity index (χ0v) is 14.3. The molecule has 4 rings (SSSR count). The third-order valence-corrected chi connectivity index (χ3v) is 5.56. The maximum atomic E-state index is 12.4. The maximum Gasteiger partial charge on any atom is 0.220 e. The van der Waals surface area contributed by atoms with Crippen LogP contribution >= 0.6 is 0 Å². The minimum atomic E-state index is 0.144. The van der Waals surface area contributed by atoms with Gasteiger partial charge >= 0.3 is 0 Å². The molecular weight excluding hydrogens is 312 g/mol. The number of fused-ring (bicyclic) bond motifs is 1. The van der Waals surface area contributed by atoms with Gasteiger partial charge in [0.25, 0.3) is 0 Å². The maximum absolute atomic E-state index is 12.4. The fraction of sp³-hybridized carbons (Fsp3) is 0.429. The highest BCUT2D eigenvalue weighted by atomic mass is 16.5. The van der Waals surface area contributed by atoms with Gasteiger partial charge in [0.15, 0.2) is 0 Å². The molecule has 2 heterocycles. The molecule has 4 nitrogen and oxygen atoms in total. The van der Waals surface area contributed by atoms with Gasteiger partial charge in [-0.15, -0.1) is 0 Å². The molecule has 0 spiro atoms. The summed E-state index contributed by atoms with van der Waals surface area (Å²) in [5.41, 5.74) is 2.47. The first-order valence-corrected chi connectivity index (χ1v) is 9.15. The van der Waals surface area contributed by atoms with Gasteiger partial charge in [0.1, 0.15) is 0 Å². The first-order chi connectivity index (χ1) is 12.3. The molecule has 1 amide bonds. The van der Waals surface area contributed by atoms with Gasteiger partial charge in [-0.25, -0.2) is 0 Å². The number of aromatic nitrogens is 1. The van der Waals surface area contributed by atoms with E-state index in [0.717, 1.165) is 31.4 Å². The lowest BCUT2D eigenvalue weighted by molar-refractivity contribution is -0.127. The van der Waals surface area contributed by atoms with E-state index in [2.05, 4.69) is 34.6 Å². The lowest BCUT2D eigenvalue weighted by Gasteiger charge is -2.48. The molecule has 1 aromatic heterocycles. The summed E-state index contributed by atoms with van der Waals surface area (Å²) in [5, 5.41) is 3.29. The predicted octanol–water partition coefficient (Wildman–Crippen LogP) is 2.78. The molecule has 4 atom stereocenters. The molecule has 0 bridgehead atoms. The number of hydrogen-bond donors (Lipinski definition) is 1. The second-order valence-corrected chi connectivity index (χ2v) is 7.09. The van der Waals surface area contributed by atoms with Gasteiger partial charge in [0.2, 0.25) is 5.91 Å². The Kier molecular flexibility index (Phi) is 4.79. The summed E-state index contributed by atoms with van der Waals surface area (Å²) in [6, 6.07) is 14.7. The second kappa shape index (κ2) is 7.36. The van der Waals surface area contributed by atoms with E-state index in [9.17, 15) is 4.79 Å². The summed E-state index contributed by atoms with van der Waals surface area (Å²) in [4.78, 5) is 16.5. The van der Waals surface area contributed by atoms with Gasteiger partial charge in [-0.1, -0.05) is 30.3 Å². The standard InChI is InChI=1S/C21H24N2O2/c24-19(7-6-15-8-11-22-12-9-15)23-20-17-10-13-25-21(17)18(20)14-16-4-2-1-3-5-16/h1-5,8-9,11-12,17-18,20-21H,6-7,10,13-14H2,(H,23,24)/t17-,18+,20-,21-/m1/s1. The summed E-state index contributed by atoms with van der Waals surface area (Å²) >= 11 is 0. The van der Waals surface area contributed by atoms with E-state index in [1.54, 1.807) is 12.4 Å². The average Bonchev–Trinajstić information content (AvgIpc) is 3.09. The van der Waals surface area contributed by atoms with Crippen LogP contribution in [0.25, 0.3) is 0 Å². The minimum Gasteiger partial charge on any atom is -0.377 e. The van der Waals surface area contributed by atoms with Crippen molar-refractivity contribution in [3.8, 4) is 0 Å². The van der Waals surface area contributed by atoms with Crippen molar-refractivity contribution in [1.82, 2.24) is 10.3 Å². The second-order valence-electron chi connectivity index (χ2n) is 7.09. The third kappa shape index (κ3) is 3.59. The number of aryl methyl sites for hydroxylation is 1. The molecule has 1 aliphatic heterocycles. The smallest absolute Gasteiger partial charge is 0.220 e. The zero-order valence-electron chi connectivity index (χ0n) is 14.3. The molecular formula is C21H24N2O2. The van der Waals surface area contributed by atoms with Crippen LogP contribution in [0.5, 0.6) is 0 Å². The molecule has 130 valence electrons. The monoisotopic (exact) mass is 336 g/mol. The molecule has 4 heteroatoms. The fourth-order valence-electron chi connectivity index (χ4n) is 4.24. The highest BCUT2D eigenvalue weighted by Crippen LogP contribution is 2.45. The van der Waals surface area contributed by atoms with Crippen LogP contribution in [-0.2, 0) is 22.4 Å². The van der Waals surface area contributed by atoms with E-state index in [-0.39, 0.29) is 11.9 Å². The van der Waals surface area contributed by atoms with Crippen LogP contribution in [0.4, 0.5) is 0 Å². The molecule has 0 radical (unpaired) electrons. The van der Waals surface area contributed by atoms with E-state index < -0.39 is 0 Å². The Morgan fingerprint density at radius 3 is 2.72 bits per heavy atom. The molecule has 2 fully saturated rings. The van der Waals surface area contributed by atoms with E-state index in [1.807, 2.05) is 18.2 Å². The van der Waals surface area contributed by atoms with Gasteiger partial charge in [-0.05, 0) is 42.5 Å². The Morgan fingerprint density at radius 1 is 1.12 bits per heavy atom. The van der Waals surface area contributed by atoms with Crippen molar-refractivity contribution in [3.05, 3.63) is 66.0 Å². The van der Waals surface area contributed by atoms with Gasteiger partial charge < -0.3 is 10.1 Å². The molecule has 0 unspecified atom stereocenters. The number of hydrogen-bond acceptors (Lipinski definition) is 3. The van der Waals surface area contributed by atoms with E-state index >= 15 is 0 Å². The van der Waals surface area contributed by atoms with Crippen molar-refractivity contribution in [2.75, 3.05) is 6.61 Å². The van der Waals surface area contributed by atoms with Crippen molar-refractivity contribution in [1.29, 1.82) is 0 Å². The van der Waals surface area contributed by atoms with E-state index in [1.165, 1.54) is 5.56 Å². The normalized spacial score (nSPS) is 27.4. The summed E-state index contributed by atoms with van der Waals surface area (Å²) < 4.78 is 5.92. The van der Waals surface area contributed by atoms with E-state index in [0.29, 0.717) is 24.4 Å². The first-order valence-electron chi connectivity index (χ1n) is 9.15. The Hall–Kier alpha value is -2.20. The molecule has 2 aromatic rings. The number of nitrogens with zero attached hydrogens (tertiary/aromatic N) is 1. The number of nitrogens with one attached hydrogen (secondary N) is 1. The lowest BCUT2D eigenvalue weighted by atomic mass is 9.64. The van der Waals surface area contributed by atoms with Gasteiger partial charge in [-0.3, -0.25) is 9.78 Å². The summed E-state index contributed by atoms with van der Waals surface area (Å²) in [6.45, 7) is 0.823. The quantitative estimate of drug-likeness (QED) is 0.882. The molecule has 1 N–H and O–H groups in total.